The maximum absolute atomic E-state index is 12.6. The predicted octanol–water partition coefficient (Wildman–Crippen LogP) is -1.27. The Labute approximate surface area is 169 Å². The number of rotatable bonds is 11. The summed E-state index contributed by atoms with van der Waals surface area (Å²) in [5.74, 6) is -5.68. The molecule has 2 atom stereocenters. The van der Waals surface area contributed by atoms with Gasteiger partial charge in [0.2, 0.25) is 0 Å². The topological polar surface area (TPSA) is 160 Å². The van der Waals surface area contributed by atoms with E-state index in [1.807, 2.05) is 0 Å². The van der Waals surface area contributed by atoms with Crippen molar-refractivity contribution in [3.05, 3.63) is 0 Å². The number of nitrogens with one attached hydrogen (secondary N) is 3. The van der Waals surface area contributed by atoms with Crippen molar-refractivity contribution >= 4 is 17.9 Å². The van der Waals surface area contributed by atoms with Gasteiger partial charge in [-0.25, -0.2) is 4.79 Å². The van der Waals surface area contributed by atoms with Crippen molar-refractivity contribution in [1.29, 1.82) is 0 Å². The summed E-state index contributed by atoms with van der Waals surface area (Å²) in [6.45, 7) is 3.71. The number of carbonyl (C=O) groups excluding carboxylic acids is 1. The molecule has 0 spiro atoms. The summed E-state index contributed by atoms with van der Waals surface area (Å²) in [6, 6.07) is 0. The summed E-state index contributed by atoms with van der Waals surface area (Å²) in [7, 11) is 0. The van der Waals surface area contributed by atoms with Crippen LogP contribution in [0.5, 0.6) is 0 Å². The van der Waals surface area contributed by atoms with Crippen molar-refractivity contribution in [3.8, 4) is 0 Å². The number of hydroxylamine groups is 2. The van der Waals surface area contributed by atoms with Crippen LogP contribution in [-0.2, 0) is 19.2 Å². The quantitative estimate of drug-likeness (QED) is 0.223. The average molecular weight is 416 g/mol. The summed E-state index contributed by atoms with van der Waals surface area (Å²) < 4.78 is 0. The second kappa shape index (κ2) is 11.4. The molecule has 2 heterocycles. The largest absolute Gasteiger partial charge is 0.481 e. The monoisotopic (exact) mass is 416 g/mol. The Morgan fingerprint density at radius 1 is 1.07 bits per heavy atom. The molecule has 0 saturated carbocycles. The minimum Gasteiger partial charge on any atom is -0.481 e. The van der Waals surface area contributed by atoms with E-state index >= 15 is 0 Å². The third-order valence-corrected chi connectivity index (χ3v) is 5.31. The Kier molecular flexibility index (Phi) is 9.24. The van der Waals surface area contributed by atoms with Gasteiger partial charge in [0.05, 0.1) is 18.5 Å². The Morgan fingerprint density at radius 2 is 1.72 bits per heavy atom. The third kappa shape index (κ3) is 7.19. The van der Waals surface area contributed by atoms with Crippen molar-refractivity contribution in [1.82, 2.24) is 21.0 Å². The molecule has 0 aliphatic carbocycles. The molecule has 2 unspecified atom stereocenters. The Bertz CT molecular complexity index is 564. The number of unbranched alkanes of at least 4 members (excludes halogenated alkanes) is 1. The van der Waals surface area contributed by atoms with Crippen LogP contribution in [0.3, 0.4) is 0 Å². The van der Waals surface area contributed by atoms with Crippen molar-refractivity contribution < 1.29 is 34.5 Å². The highest BCUT2D eigenvalue weighted by molar-refractivity contribution is 5.90. The second-order valence-corrected chi connectivity index (χ2v) is 7.54. The first-order chi connectivity index (χ1) is 13.8. The highest BCUT2D eigenvalue weighted by Crippen LogP contribution is 2.29. The van der Waals surface area contributed by atoms with Crippen LogP contribution in [-0.4, -0.2) is 89.3 Å². The van der Waals surface area contributed by atoms with Gasteiger partial charge in [0.1, 0.15) is 0 Å². The molecule has 6 N–H and O–H groups in total. The lowest BCUT2D eigenvalue weighted by Gasteiger charge is -2.33. The summed E-state index contributed by atoms with van der Waals surface area (Å²) >= 11 is 0. The van der Waals surface area contributed by atoms with Crippen molar-refractivity contribution in [3.63, 3.8) is 0 Å². The van der Waals surface area contributed by atoms with Gasteiger partial charge in [-0.2, -0.15) is 0 Å². The molecule has 0 amide bonds. The highest BCUT2D eigenvalue weighted by atomic mass is 16.7. The molecular formula is C18H32N4O7. The van der Waals surface area contributed by atoms with E-state index in [1.54, 1.807) is 0 Å². The van der Waals surface area contributed by atoms with E-state index in [0.717, 1.165) is 25.9 Å². The van der Waals surface area contributed by atoms with Crippen LogP contribution in [0.15, 0.2) is 0 Å². The smallest absolute Gasteiger partial charge is 0.358 e. The number of hydrogen-bond acceptors (Lipinski definition) is 9. The number of aliphatic hydroxyl groups is 1. The van der Waals surface area contributed by atoms with Crippen LogP contribution < -0.4 is 16.0 Å². The molecule has 0 aromatic heterocycles. The highest BCUT2D eigenvalue weighted by Gasteiger charge is 2.51. The predicted molar refractivity (Wildman–Crippen MR) is 102 cm³/mol. The average Bonchev–Trinajstić information content (AvgIpc) is 2.68. The summed E-state index contributed by atoms with van der Waals surface area (Å²) in [5, 5.41) is 40.6. The van der Waals surface area contributed by atoms with Crippen LogP contribution in [0.1, 0.15) is 38.5 Å². The number of carboxylic acid groups (broad SMARTS) is 2. The molecule has 2 fully saturated rings. The fraction of sp³-hybridized carbons (Fsp3) is 0.833. The zero-order chi connectivity index (χ0) is 21.3. The fourth-order valence-electron chi connectivity index (χ4n) is 3.68. The molecule has 2 aliphatic heterocycles. The van der Waals surface area contributed by atoms with E-state index in [9.17, 15) is 29.7 Å². The lowest BCUT2D eigenvalue weighted by molar-refractivity contribution is -0.221. The summed E-state index contributed by atoms with van der Waals surface area (Å²) in [5.41, 5.74) is -2.64. The molecule has 0 aromatic rings. The number of nitrogens with zero attached hydrogens (tertiary/aromatic N) is 1. The van der Waals surface area contributed by atoms with E-state index in [-0.39, 0.29) is 12.6 Å². The van der Waals surface area contributed by atoms with Gasteiger partial charge in [0.25, 0.3) is 0 Å². The molecule has 11 heteroatoms. The molecule has 0 aromatic carbocycles. The molecule has 2 rings (SSSR count). The first-order valence-corrected chi connectivity index (χ1v) is 10.1. The van der Waals surface area contributed by atoms with Crippen LogP contribution in [0.25, 0.3) is 0 Å². The van der Waals surface area contributed by atoms with Gasteiger partial charge < -0.3 is 36.1 Å². The van der Waals surface area contributed by atoms with E-state index in [1.165, 1.54) is 5.06 Å². The van der Waals surface area contributed by atoms with Crippen LogP contribution in [0, 0.1) is 5.92 Å². The standard InChI is InChI=1S/C18H32N4O7/c23-15(24)12-18(28,17(27)29-22-10-8-19-9-11-22)13(16(25)26)4-1-2-5-14-20-6-3-7-21-14/h13-14,19-21,28H,1-12H2,(H,23,24)(H,25,26). The molecule has 2 saturated heterocycles. The SMILES string of the molecule is O=C(O)CC(O)(C(=O)ON1CCNCC1)C(CCCCC1NCCCN1)C(=O)O. The van der Waals surface area contributed by atoms with Crippen LogP contribution >= 0.6 is 0 Å². The molecular weight excluding hydrogens is 384 g/mol. The molecule has 11 nitrogen and oxygen atoms in total. The maximum Gasteiger partial charge on any atom is 0.358 e. The van der Waals surface area contributed by atoms with Gasteiger partial charge in [-0.15, -0.1) is 5.06 Å². The van der Waals surface area contributed by atoms with Gasteiger partial charge in [-0.1, -0.05) is 12.8 Å². The molecule has 0 radical (unpaired) electrons. The Morgan fingerprint density at radius 3 is 2.31 bits per heavy atom. The van der Waals surface area contributed by atoms with E-state index in [2.05, 4.69) is 16.0 Å². The van der Waals surface area contributed by atoms with Gasteiger partial charge in [-0.05, 0) is 32.4 Å². The number of aliphatic carboxylic acids is 2. The zero-order valence-corrected chi connectivity index (χ0v) is 16.6. The summed E-state index contributed by atoms with van der Waals surface area (Å²) in [6.07, 6.45) is 2.03. The van der Waals surface area contributed by atoms with Crippen LogP contribution in [0.2, 0.25) is 0 Å². The minimum absolute atomic E-state index is 0.0253. The van der Waals surface area contributed by atoms with Crippen molar-refractivity contribution in [2.45, 2.75) is 50.3 Å². The van der Waals surface area contributed by atoms with Gasteiger partial charge in [0, 0.05) is 26.2 Å². The first-order valence-electron chi connectivity index (χ1n) is 10.1. The van der Waals surface area contributed by atoms with Gasteiger partial charge in [0.15, 0.2) is 5.60 Å². The molecule has 2 aliphatic rings. The minimum atomic E-state index is -2.64. The van der Waals surface area contributed by atoms with E-state index < -0.39 is 35.8 Å². The maximum atomic E-state index is 12.6. The van der Waals surface area contributed by atoms with Crippen LogP contribution in [0.4, 0.5) is 0 Å². The molecule has 0 bridgehead atoms. The van der Waals surface area contributed by atoms with E-state index in [0.29, 0.717) is 39.0 Å². The fourth-order valence-corrected chi connectivity index (χ4v) is 3.68. The molecule has 29 heavy (non-hydrogen) atoms. The zero-order valence-electron chi connectivity index (χ0n) is 16.6. The normalized spacial score (nSPS) is 21.8. The number of carbonyl (C=O) groups is 3. The van der Waals surface area contributed by atoms with Gasteiger partial charge in [-0.3, -0.25) is 9.59 Å². The lowest BCUT2D eigenvalue weighted by Crippen LogP contribution is -2.55. The second-order valence-electron chi connectivity index (χ2n) is 7.54. The molecule has 166 valence electrons. The lowest BCUT2D eigenvalue weighted by atomic mass is 9.81. The Balaban J connectivity index is 1.98. The van der Waals surface area contributed by atoms with E-state index in [4.69, 9.17) is 4.84 Å². The summed E-state index contributed by atoms with van der Waals surface area (Å²) in [4.78, 5) is 40.8. The third-order valence-electron chi connectivity index (χ3n) is 5.31. The number of hydrogen-bond donors (Lipinski definition) is 6. The number of piperazine rings is 1. The number of carboxylic acids is 2. The Hall–Kier alpha value is -1.79. The van der Waals surface area contributed by atoms with Gasteiger partial charge >= 0.3 is 17.9 Å². The van der Waals surface area contributed by atoms with Crippen molar-refractivity contribution in [2.75, 3.05) is 39.3 Å². The van der Waals surface area contributed by atoms with Crippen molar-refractivity contribution in [2.24, 2.45) is 5.92 Å². The first kappa shape index (κ1) is 23.5.